The highest BCUT2D eigenvalue weighted by Gasteiger charge is 1.99. The molecule has 21 heavy (non-hydrogen) atoms. The Hall–Kier alpha value is -1.36. The average molecular weight is 288 g/mol. The van der Waals surface area contributed by atoms with E-state index in [1.165, 1.54) is 76.3 Å². The van der Waals surface area contributed by atoms with E-state index in [1.54, 1.807) is 0 Å². The maximum atomic E-state index is 6.25. The maximum absolute atomic E-state index is 6.25. The molecule has 0 bridgehead atoms. The molecule has 0 fully saturated rings. The van der Waals surface area contributed by atoms with Gasteiger partial charge < -0.3 is 11.8 Å². The highest BCUT2D eigenvalue weighted by atomic mass is 14.9. The number of unbranched alkanes of at least 4 members (excludes halogenated alkanes) is 9. The number of pyridine rings is 1. The van der Waals surface area contributed by atoms with Gasteiger partial charge in [0.15, 0.2) is 12.4 Å². The molecule has 0 unspecified atom stereocenters. The van der Waals surface area contributed by atoms with Crippen LogP contribution in [0.4, 0.5) is 0 Å². The van der Waals surface area contributed by atoms with Gasteiger partial charge >= 0.3 is 0 Å². The zero-order valence-corrected chi connectivity index (χ0v) is 14.0. The molecule has 0 atom stereocenters. The van der Waals surface area contributed by atoms with E-state index in [0.717, 1.165) is 0 Å². The summed E-state index contributed by atoms with van der Waals surface area (Å²) in [6.07, 6.45) is 18.5. The molecule has 1 aromatic rings. The molecule has 0 aliphatic rings. The van der Waals surface area contributed by atoms with Crippen molar-refractivity contribution in [1.82, 2.24) is 0 Å². The van der Waals surface area contributed by atoms with E-state index in [9.17, 15) is 0 Å². The van der Waals surface area contributed by atoms with Gasteiger partial charge in [-0.2, -0.15) is 0 Å². The highest BCUT2D eigenvalue weighted by Crippen LogP contribution is 2.10. The van der Waals surface area contributed by atoms with Crippen molar-refractivity contribution >= 4 is 0 Å². The van der Waals surface area contributed by atoms with Gasteiger partial charge in [-0.1, -0.05) is 58.3 Å². The molecule has 0 aliphatic heterocycles. The van der Waals surface area contributed by atoms with Gasteiger partial charge in [-0.25, -0.2) is 4.57 Å². The van der Waals surface area contributed by atoms with Crippen molar-refractivity contribution in [3.8, 4) is 0 Å². The second-order valence-corrected chi connectivity index (χ2v) is 5.80. The van der Waals surface area contributed by atoms with Crippen molar-refractivity contribution in [1.29, 1.82) is 5.26 Å². The first-order valence-corrected chi connectivity index (χ1v) is 8.51. The number of hydrogen-bond donors (Lipinski definition) is 0. The lowest BCUT2D eigenvalue weighted by molar-refractivity contribution is -0.697. The van der Waals surface area contributed by atoms with Crippen LogP contribution in [0.5, 0.6) is 0 Å². The molecule has 1 heterocycles. The van der Waals surface area contributed by atoms with Gasteiger partial charge in [-0.15, -0.1) is 0 Å². The van der Waals surface area contributed by atoms with E-state index in [0.29, 0.717) is 0 Å². The summed E-state index contributed by atoms with van der Waals surface area (Å²) in [7, 11) is 0. The Morgan fingerprint density at radius 3 is 1.71 bits per heavy atom. The first-order valence-electron chi connectivity index (χ1n) is 8.51. The average Bonchev–Trinajstić information content (AvgIpc) is 2.53. The number of nitrogens with zero attached hydrogens (tertiary/aromatic N) is 2. The predicted octanol–water partition coefficient (Wildman–Crippen LogP) is 5.30. The van der Waals surface area contributed by atoms with Crippen LogP contribution in [0.2, 0.25) is 0 Å². The summed E-state index contributed by atoms with van der Waals surface area (Å²) in [5.41, 5.74) is 1.35. The fourth-order valence-corrected chi connectivity index (χ4v) is 2.46. The van der Waals surface area contributed by atoms with Crippen molar-refractivity contribution in [3.63, 3.8) is 0 Å². The fraction of sp³-hybridized carbons (Fsp3) is 0.684. The Balaban J connectivity index is 0.00000191. The number of hydrogen-bond acceptors (Lipinski definition) is 1. The third kappa shape index (κ3) is 12.1. The van der Waals surface area contributed by atoms with Gasteiger partial charge in [0.25, 0.3) is 0 Å². The van der Waals surface area contributed by atoms with Gasteiger partial charge in [-0.3, -0.25) is 0 Å². The molecule has 1 aromatic heterocycles. The smallest absolute Gasteiger partial charge is 0.169 e. The normalized spacial score (nSPS) is 9.90. The van der Waals surface area contributed by atoms with E-state index < -0.39 is 0 Å². The largest absolute Gasteiger partial charge is 0.512 e. The van der Waals surface area contributed by atoms with Crippen LogP contribution in [0, 0.1) is 18.8 Å². The fourth-order valence-electron chi connectivity index (χ4n) is 2.46. The Morgan fingerprint density at radius 2 is 1.24 bits per heavy atom. The van der Waals surface area contributed by atoms with E-state index in [2.05, 4.69) is 42.9 Å². The van der Waals surface area contributed by atoms with E-state index in [1.807, 2.05) is 0 Å². The quantitative estimate of drug-likeness (QED) is 0.308. The van der Waals surface area contributed by atoms with Crippen LogP contribution >= 0.6 is 0 Å². The minimum absolute atomic E-state index is 1.18. The van der Waals surface area contributed by atoms with Crippen LogP contribution < -0.4 is 4.57 Å². The first-order chi connectivity index (χ1) is 10.3. The van der Waals surface area contributed by atoms with Crippen molar-refractivity contribution in [2.75, 3.05) is 0 Å². The summed E-state index contributed by atoms with van der Waals surface area (Å²) >= 11 is 0. The Morgan fingerprint density at radius 1 is 0.810 bits per heavy atom. The summed E-state index contributed by atoms with van der Waals surface area (Å²) in [5.74, 6) is 0. The molecule has 0 amide bonds. The zero-order chi connectivity index (χ0) is 15.8. The van der Waals surface area contributed by atoms with Gasteiger partial charge in [0.2, 0.25) is 0 Å². The van der Waals surface area contributed by atoms with Crippen molar-refractivity contribution < 1.29 is 4.57 Å². The zero-order valence-electron chi connectivity index (χ0n) is 14.0. The molecular formula is C19H32N2. The van der Waals surface area contributed by atoms with Crippen LogP contribution in [-0.2, 0) is 6.54 Å². The standard InChI is InChI=1S/C18H32N.CN/c1-3-4-5-6-7-8-9-10-11-12-15-19-16-13-18(2)14-17-19;1-2/h13-14,16-17H,3-12,15H2,1-2H3;/q+1;-1. The molecule has 0 aliphatic carbocycles. The third-order valence-electron chi connectivity index (χ3n) is 3.83. The lowest BCUT2D eigenvalue weighted by Crippen LogP contribution is -2.32. The molecule has 0 aromatic carbocycles. The summed E-state index contributed by atoms with van der Waals surface area (Å²) in [6, 6.07) is 4.38. The van der Waals surface area contributed by atoms with E-state index in [4.69, 9.17) is 11.8 Å². The van der Waals surface area contributed by atoms with Gasteiger partial charge in [0, 0.05) is 18.6 Å². The summed E-state index contributed by atoms with van der Waals surface area (Å²) in [6.45, 7) is 10.4. The van der Waals surface area contributed by atoms with Crippen molar-refractivity contribution in [2.45, 2.75) is 84.6 Å². The molecule has 0 saturated carbocycles. The first kappa shape index (κ1) is 19.6. The van der Waals surface area contributed by atoms with Crippen LogP contribution in [0.15, 0.2) is 24.5 Å². The van der Waals surface area contributed by atoms with Crippen LogP contribution in [0.1, 0.15) is 76.7 Å². The highest BCUT2D eigenvalue weighted by molar-refractivity contribution is 5.03. The number of rotatable bonds is 11. The Labute approximate surface area is 131 Å². The lowest BCUT2D eigenvalue weighted by atomic mass is 10.1. The molecule has 0 radical (unpaired) electrons. The van der Waals surface area contributed by atoms with E-state index in [-0.39, 0.29) is 0 Å². The van der Waals surface area contributed by atoms with Gasteiger partial charge in [0.1, 0.15) is 6.54 Å². The molecule has 2 heteroatoms. The van der Waals surface area contributed by atoms with Gasteiger partial charge in [-0.05, 0) is 18.9 Å². The summed E-state index contributed by atoms with van der Waals surface area (Å²) in [4.78, 5) is 0. The monoisotopic (exact) mass is 288 g/mol. The third-order valence-corrected chi connectivity index (χ3v) is 3.83. The molecule has 118 valence electrons. The lowest BCUT2D eigenvalue weighted by Gasteiger charge is -2.01. The Bertz CT molecular complexity index is 340. The molecule has 0 saturated heterocycles. The second-order valence-electron chi connectivity index (χ2n) is 5.80. The Kier molecular flexibility index (Phi) is 14.1. The minimum atomic E-state index is 1.18. The maximum Gasteiger partial charge on any atom is 0.169 e. The molecular weight excluding hydrogens is 256 g/mol. The van der Waals surface area contributed by atoms with Crippen LogP contribution in [-0.4, -0.2) is 0 Å². The molecule has 2 nitrogen and oxygen atoms in total. The van der Waals surface area contributed by atoms with Crippen LogP contribution in [0.3, 0.4) is 0 Å². The van der Waals surface area contributed by atoms with E-state index >= 15 is 0 Å². The predicted molar refractivity (Wildman–Crippen MR) is 88.2 cm³/mol. The molecule has 1 rings (SSSR count). The number of aryl methyl sites for hydroxylation is 2. The SMILES string of the molecule is CCCCCCCCCCCC[n+]1ccc(C)cc1.[C-]#N. The summed E-state index contributed by atoms with van der Waals surface area (Å²) in [5, 5.41) is 6.25. The molecule has 0 N–H and O–H groups in total. The minimum Gasteiger partial charge on any atom is -0.512 e. The van der Waals surface area contributed by atoms with Crippen molar-refractivity contribution in [2.24, 2.45) is 0 Å². The molecule has 0 spiro atoms. The second kappa shape index (κ2) is 15.0. The topological polar surface area (TPSA) is 27.7 Å². The number of aromatic nitrogens is 1. The summed E-state index contributed by atoms with van der Waals surface area (Å²) < 4.78 is 2.30. The van der Waals surface area contributed by atoms with Crippen LogP contribution in [0.25, 0.3) is 0 Å². The van der Waals surface area contributed by atoms with Crippen molar-refractivity contribution in [3.05, 3.63) is 36.7 Å². The van der Waals surface area contributed by atoms with Gasteiger partial charge in [0.05, 0.1) is 0 Å².